The third-order valence-electron chi connectivity index (χ3n) is 5.30. The van der Waals surface area contributed by atoms with Crippen LogP contribution in [0.4, 0.5) is 0 Å². The Bertz CT molecular complexity index is 1040. The molecule has 3 aromatic heterocycles. The predicted octanol–water partition coefficient (Wildman–Crippen LogP) is 1.89. The SMILES string of the molecule is COc1ccc([C@H]2C[C@@H]2COc2cc(CCc3cnn(C)c3)c(=O)n(C)n2)nc1. The van der Waals surface area contributed by atoms with Crippen LogP contribution in [0.5, 0.6) is 11.6 Å². The normalized spacial score (nSPS) is 17.9. The molecule has 152 valence electrons. The van der Waals surface area contributed by atoms with Crippen molar-refractivity contribution in [2.75, 3.05) is 13.7 Å². The number of methoxy groups -OCH3 is 1. The van der Waals surface area contributed by atoms with E-state index in [2.05, 4.69) is 15.2 Å². The van der Waals surface area contributed by atoms with E-state index >= 15 is 0 Å². The molecular weight excluding hydrogens is 370 g/mol. The largest absolute Gasteiger partial charge is 0.495 e. The van der Waals surface area contributed by atoms with E-state index in [-0.39, 0.29) is 5.56 Å². The Kier molecular flexibility index (Phi) is 5.33. The average molecular weight is 395 g/mol. The molecule has 0 aromatic carbocycles. The molecule has 8 heteroatoms. The molecule has 4 rings (SSSR count). The van der Waals surface area contributed by atoms with Gasteiger partial charge in [0.1, 0.15) is 5.75 Å². The molecule has 3 heterocycles. The number of ether oxygens (including phenoxy) is 2. The van der Waals surface area contributed by atoms with E-state index in [1.54, 1.807) is 31.1 Å². The van der Waals surface area contributed by atoms with Crippen LogP contribution in [-0.4, -0.2) is 38.3 Å². The van der Waals surface area contributed by atoms with E-state index in [1.165, 1.54) is 4.68 Å². The highest BCUT2D eigenvalue weighted by atomic mass is 16.5. The zero-order valence-electron chi connectivity index (χ0n) is 16.9. The van der Waals surface area contributed by atoms with Crippen LogP contribution in [0.25, 0.3) is 0 Å². The summed E-state index contributed by atoms with van der Waals surface area (Å²) in [5, 5.41) is 8.41. The van der Waals surface area contributed by atoms with Crippen molar-refractivity contribution in [3.05, 3.63) is 64.0 Å². The third-order valence-corrected chi connectivity index (χ3v) is 5.30. The molecule has 3 aromatic rings. The number of pyridine rings is 1. The van der Waals surface area contributed by atoms with Crippen molar-refractivity contribution in [2.24, 2.45) is 20.0 Å². The first-order valence-corrected chi connectivity index (χ1v) is 9.71. The van der Waals surface area contributed by atoms with Gasteiger partial charge in [-0.1, -0.05) is 0 Å². The first-order valence-electron chi connectivity index (χ1n) is 9.71. The van der Waals surface area contributed by atoms with Gasteiger partial charge in [0.25, 0.3) is 5.56 Å². The summed E-state index contributed by atoms with van der Waals surface area (Å²) in [4.78, 5) is 16.9. The van der Waals surface area contributed by atoms with Gasteiger partial charge in [0.05, 0.1) is 26.1 Å². The van der Waals surface area contributed by atoms with Crippen molar-refractivity contribution in [1.29, 1.82) is 0 Å². The molecule has 0 amide bonds. The van der Waals surface area contributed by atoms with Crippen LogP contribution >= 0.6 is 0 Å². The summed E-state index contributed by atoms with van der Waals surface area (Å²) in [6, 6.07) is 5.70. The van der Waals surface area contributed by atoms with Crippen LogP contribution in [0, 0.1) is 5.92 Å². The van der Waals surface area contributed by atoms with Gasteiger partial charge >= 0.3 is 0 Å². The van der Waals surface area contributed by atoms with Crippen molar-refractivity contribution >= 4 is 0 Å². The van der Waals surface area contributed by atoms with Gasteiger partial charge in [-0.15, -0.1) is 5.10 Å². The first kappa shape index (κ1) is 19.2. The lowest BCUT2D eigenvalue weighted by Gasteiger charge is -2.09. The minimum absolute atomic E-state index is 0.0898. The maximum absolute atomic E-state index is 12.4. The second kappa shape index (κ2) is 8.06. The lowest BCUT2D eigenvalue weighted by Crippen LogP contribution is -2.24. The van der Waals surface area contributed by atoms with Crippen molar-refractivity contribution in [3.63, 3.8) is 0 Å². The zero-order valence-corrected chi connectivity index (χ0v) is 16.9. The summed E-state index contributed by atoms with van der Waals surface area (Å²) in [5.74, 6) is 2.06. The highest BCUT2D eigenvalue weighted by Crippen LogP contribution is 2.46. The van der Waals surface area contributed by atoms with Crippen LogP contribution in [0.1, 0.15) is 29.2 Å². The Hall–Kier alpha value is -3.16. The maximum atomic E-state index is 12.4. The molecule has 0 spiro atoms. The molecule has 0 saturated heterocycles. The number of hydrogen-bond acceptors (Lipinski definition) is 6. The fourth-order valence-corrected chi connectivity index (χ4v) is 3.49. The molecule has 1 saturated carbocycles. The van der Waals surface area contributed by atoms with Crippen LogP contribution in [0.3, 0.4) is 0 Å². The number of rotatable bonds is 8. The summed E-state index contributed by atoms with van der Waals surface area (Å²) in [6.07, 6.45) is 7.94. The molecule has 0 unspecified atom stereocenters. The summed E-state index contributed by atoms with van der Waals surface area (Å²) < 4.78 is 14.2. The molecule has 2 atom stereocenters. The minimum atomic E-state index is -0.0898. The monoisotopic (exact) mass is 395 g/mol. The van der Waals surface area contributed by atoms with Gasteiger partial charge in [0.2, 0.25) is 5.88 Å². The lowest BCUT2D eigenvalue weighted by molar-refractivity contribution is 0.277. The van der Waals surface area contributed by atoms with Crippen molar-refractivity contribution in [1.82, 2.24) is 24.5 Å². The quantitative estimate of drug-likeness (QED) is 0.579. The molecule has 1 aliphatic rings. The van der Waals surface area contributed by atoms with Gasteiger partial charge in [-0.05, 0) is 37.0 Å². The van der Waals surface area contributed by atoms with Crippen LogP contribution in [-0.2, 0) is 26.9 Å². The van der Waals surface area contributed by atoms with E-state index in [0.717, 1.165) is 29.8 Å². The second-order valence-electron chi connectivity index (χ2n) is 7.49. The molecule has 29 heavy (non-hydrogen) atoms. The average Bonchev–Trinajstić information content (AvgIpc) is 3.39. The minimum Gasteiger partial charge on any atom is -0.495 e. The van der Waals surface area contributed by atoms with Gasteiger partial charge in [-0.3, -0.25) is 14.5 Å². The molecular formula is C21H25N5O3. The Morgan fingerprint density at radius 1 is 1.21 bits per heavy atom. The molecule has 1 aliphatic carbocycles. The third kappa shape index (κ3) is 4.47. The van der Waals surface area contributed by atoms with Crippen LogP contribution in [0.2, 0.25) is 0 Å². The number of aryl methyl sites for hydroxylation is 4. The summed E-state index contributed by atoms with van der Waals surface area (Å²) in [7, 11) is 5.17. The van der Waals surface area contributed by atoms with E-state index in [4.69, 9.17) is 9.47 Å². The lowest BCUT2D eigenvalue weighted by atomic mass is 10.1. The van der Waals surface area contributed by atoms with Gasteiger partial charge in [0.15, 0.2) is 0 Å². The van der Waals surface area contributed by atoms with E-state index in [9.17, 15) is 4.79 Å². The maximum Gasteiger partial charge on any atom is 0.269 e. The molecule has 0 N–H and O–H groups in total. The number of hydrogen-bond donors (Lipinski definition) is 0. The number of nitrogens with zero attached hydrogens (tertiary/aromatic N) is 5. The second-order valence-corrected chi connectivity index (χ2v) is 7.49. The fraction of sp³-hybridized carbons (Fsp3) is 0.429. The molecule has 0 aliphatic heterocycles. The van der Waals surface area contributed by atoms with Crippen LogP contribution in [0.15, 0.2) is 41.6 Å². The highest BCUT2D eigenvalue weighted by Gasteiger charge is 2.40. The van der Waals surface area contributed by atoms with E-state index < -0.39 is 0 Å². The Morgan fingerprint density at radius 3 is 2.76 bits per heavy atom. The first-order chi connectivity index (χ1) is 14.0. The zero-order chi connectivity index (χ0) is 20.4. The fourth-order valence-electron chi connectivity index (χ4n) is 3.49. The van der Waals surface area contributed by atoms with Gasteiger partial charge in [-0.25, -0.2) is 4.68 Å². The van der Waals surface area contributed by atoms with Crippen molar-refractivity contribution in [3.8, 4) is 11.6 Å². The topological polar surface area (TPSA) is 84.1 Å². The highest BCUT2D eigenvalue weighted by molar-refractivity contribution is 5.25. The summed E-state index contributed by atoms with van der Waals surface area (Å²) >= 11 is 0. The van der Waals surface area contributed by atoms with E-state index in [1.807, 2.05) is 31.6 Å². The van der Waals surface area contributed by atoms with Gasteiger partial charge in [-0.2, -0.15) is 5.10 Å². The van der Waals surface area contributed by atoms with Gasteiger partial charge in [0, 0.05) is 49.5 Å². The smallest absolute Gasteiger partial charge is 0.269 e. The molecule has 0 bridgehead atoms. The Balaban J connectivity index is 1.36. The van der Waals surface area contributed by atoms with E-state index in [0.29, 0.717) is 36.3 Å². The Labute approximate surface area is 169 Å². The summed E-state index contributed by atoms with van der Waals surface area (Å²) in [6.45, 7) is 0.561. The van der Waals surface area contributed by atoms with Crippen molar-refractivity contribution < 1.29 is 9.47 Å². The predicted molar refractivity (Wildman–Crippen MR) is 107 cm³/mol. The summed E-state index contributed by atoms with van der Waals surface area (Å²) in [5.41, 5.74) is 2.77. The molecule has 0 radical (unpaired) electrons. The van der Waals surface area contributed by atoms with Crippen molar-refractivity contribution in [2.45, 2.75) is 25.2 Å². The van der Waals surface area contributed by atoms with Crippen LogP contribution < -0.4 is 15.0 Å². The molecule has 1 fully saturated rings. The standard InChI is InChI=1S/C21H25N5O3/c1-25-12-14(10-23-25)4-5-15-9-20(24-26(2)21(15)27)29-13-16-8-18(16)19-7-6-17(28-3)11-22-19/h6-7,9-12,16,18H,4-5,8,13H2,1-3H3/t16-,18+/m1/s1. The van der Waals surface area contributed by atoms with Gasteiger partial charge < -0.3 is 9.47 Å². The number of aromatic nitrogens is 5. The Morgan fingerprint density at radius 2 is 2.07 bits per heavy atom. The molecule has 8 nitrogen and oxygen atoms in total.